The fourth-order valence-corrected chi connectivity index (χ4v) is 8.51. The molecule has 1 rings (SSSR count). The van der Waals surface area contributed by atoms with E-state index in [9.17, 15) is 53.1 Å². The molecule has 0 aliphatic carbocycles. The Morgan fingerprint density at radius 1 is 0.542 bits per heavy atom. The van der Waals surface area contributed by atoms with Gasteiger partial charge < -0.3 is 58.5 Å². The molecular formula is C51H91N9O12. The van der Waals surface area contributed by atoms with Gasteiger partial charge in [-0.2, -0.15) is 0 Å². The first-order valence-electron chi connectivity index (χ1n) is 26.3. The maximum Gasteiger partial charge on any atom is 0.328 e. The van der Waals surface area contributed by atoms with E-state index in [0.717, 1.165) is 32.1 Å². The van der Waals surface area contributed by atoms with Gasteiger partial charge in [0.15, 0.2) is 0 Å². The van der Waals surface area contributed by atoms with Crippen molar-refractivity contribution < 1.29 is 57.8 Å². The molecule has 0 radical (unpaired) electrons. The van der Waals surface area contributed by atoms with Crippen molar-refractivity contribution in [3.63, 3.8) is 0 Å². The van der Waals surface area contributed by atoms with Crippen LogP contribution in [0.5, 0.6) is 0 Å². The SMILES string of the molecule is CCCCCCCCCCCC(C)CC1CC(=O)N[C@@H](CC(N)=O)C(=O)NC(CN)C(=O)N[C@@H](CC(C)C)C(=O)N[C@@H](CC(C)C)C(=O)NC(C(C)C)C(=O)N[C@@H](CC(=O)O)C(=O)NC(CC(C)C)C(=O)O1. The van der Waals surface area contributed by atoms with Crippen LogP contribution in [0.25, 0.3) is 0 Å². The minimum atomic E-state index is -1.74. The van der Waals surface area contributed by atoms with E-state index in [4.69, 9.17) is 16.2 Å². The van der Waals surface area contributed by atoms with Gasteiger partial charge in [0.1, 0.15) is 48.4 Å². The van der Waals surface area contributed by atoms with Crippen molar-refractivity contribution >= 4 is 59.2 Å². The summed E-state index contributed by atoms with van der Waals surface area (Å²) in [6, 6.07) is -10.1. The van der Waals surface area contributed by atoms with Crippen LogP contribution in [0.2, 0.25) is 0 Å². The number of hydrogen-bond acceptors (Lipinski definition) is 12. The highest BCUT2D eigenvalue weighted by atomic mass is 16.5. The van der Waals surface area contributed by atoms with Gasteiger partial charge in [-0.1, -0.05) is 133 Å². The summed E-state index contributed by atoms with van der Waals surface area (Å²) in [5.41, 5.74) is 11.5. The molecule has 1 aliphatic rings. The van der Waals surface area contributed by atoms with Gasteiger partial charge in [-0.3, -0.25) is 43.2 Å². The summed E-state index contributed by atoms with van der Waals surface area (Å²) in [7, 11) is 0. The number of amides is 8. The normalized spacial score (nSPS) is 24.5. The summed E-state index contributed by atoms with van der Waals surface area (Å²) < 4.78 is 6.01. The number of ether oxygens (including phenoxy) is 1. The van der Waals surface area contributed by atoms with Crippen molar-refractivity contribution in [1.82, 2.24) is 37.2 Å². The van der Waals surface area contributed by atoms with Crippen LogP contribution in [0.4, 0.5) is 0 Å². The Labute approximate surface area is 427 Å². The van der Waals surface area contributed by atoms with Crippen molar-refractivity contribution in [2.24, 2.45) is 41.1 Å². The first-order valence-corrected chi connectivity index (χ1v) is 26.3. The number of hydrogen-bond donors (Lipinski definition) is 10. The Kier molecular flexibility index (Phi) is 30.7. The molecule has 0 bridgehead atoms. The van der Waals surface area contributed by atoms with Crippen molar-refractivity contribution in [2.75, 3.05) is 6.54 Å². The number of nitrogens with one attached hydrogen (secondary N) is 7. The molecule has 5 unspecified atom stereocenters. The van der Waals surface area contributed by atoms with Crippen LogP contribution in [0.15, 0.2) is 0 Å². The van der Waals surface area contributed by atoms with Gasteiger partial charge in [-0.25, -0.2) is 4.79 Å². The summed E-state index contributed by atoms with van der Waals surface area (Å²) in [5, 5.41) is 27.8. The van der Waals surface area contributed by atoms with Crippen LogP contribution < -0.4 is 48.7 Å². The van der Waals surface area contributed by atoms with E-state index >= 15 is 0 Å². The number of primary amides is 1. The molecule has 1 fully saturated rings. The Hall–Kier alpha value is -5.34. The summed E-state index contributed by atoms with van der Waals surface area (Å²) in [6.45, 7) is 17.6. The molecule has 12 N–H and O–H groups in total. The summed E-state index contributed by atoms with van der Waals surface area (Å²) in [4.78, 5) is 136. The topological polar surface area (TPSA) is 336 Å². The highest BCUT2D eigenvalue weighted by Crippen LogP contribution is 2.22. The number of carbonyl (C=O) groups excluding carboxylic acids is 9. The Morgan fingerprint density at radius 3 is 1.43 bits per heavy atom. The molecule has 1 saturated heterocycles. The standard InChI is InChI=1S/C51H91N9O12/c1-11-12-13-14-15-16-17-18-19-20-33(10)24-34-25-42(62)54-37(26-41(53)61)46(66)59-40(28-52)49(69)56-35(21-29(2)3)45(65)55-36(22-30(4)5)48(68)60-44(32(8)9)50(70)57-38(27-43(63)64)47(67)58-39(23-31(6)7)51(71)72-34/h29-40,44H,11-28,52H2,1-10H3,(H2,53,61)(H,54,62)(H,55,65)(H,56,69)(H,57,70)(H,58,67)(H,59,66)(H,60,68)(H,63,64)/t33?,34?,35-,36-,37-,38-,39?,40?,44?/m0/s1. The molecule has 8 amide bonds. The number of aliphatic carboxylic acids is 1. The van der Waals surface area contributed by atoms with E-state index in [1.54, 1.807) is 55.4 Å². The average Bonchev–Trinajstić information content (AvgIpc) is 3.26. The van der Waals surface area contributed by atoms with Crippen molar-refractivity contribution in [1.29, 1.82) is 0 Å². The zero-order valence-electron chi connectivity index (χ0n) is 44.8. The van der Waals surface area contributed by atoms with Crippen LogP contribution in [0.1, 0.15) is 178 Å². The molecule has 0 spiro atoms. The van der Waals surface area contributed by atoms with E-state index in [0.29, 0.717) is 0 Å². The number of carboxylic acid groups (broad SMARTS) is 1. The Morgan fingerprint density at radius 2 is 0.958 bits per heavy atom. The molecule has 21 nitrogen and oxygen atoms in total. The van der Waals surface area contributed by atoms with Crippen molar-refractivity contribution in [2.45, 2.75) is 227 Å². The quantitative estimate of drug-likeness (QED) is 0.0492. The second-order valence-electron chi connectivity index (χ2n) is 21.3. The predicted octanol–water partition coefficient (Wildman–Crippen LogP) is 2.75. The number of carbonyl (C=O) groups is 10. The highest BCUT2D eigenvalue weighted by Gasteiger charge is 2.37. The lowest BCUT2D eigenvalue weighted by molar-refractivity contribution is -0.156. The molecule has 412 valence electrons. The highest BCUT2D eigenvalue weighted by molar-refractivity contribution is 5.98. The van der Waals surface area contributed by atoms with Gasteiger partial charge >= 0.3 is 11.9 Å². The minimum absolute atomic E-state index is 0.00757. The monoisotopic (exact) mass is 1020 g/mol. The molecule has 9 atom stereocenters. The Bertz CT molecular complexity index is 1780. The molecule has 21 heteroatoms. The third-order valence-electron chi connectivity index (χ3n) is 12.3. The van der Waals surface area contributed by atoms with Crippen LogP contribution >= 0.6 is 0 Å². The van der Waals surface area contributed by atoms with Crippen LogP contribution in [-0.2, 0) is 52.7 Å². The zero-order valence-corrected chi connectivity index (χ0v) is 44.8. The average molecular weight is 1020 g/mol. The third-order valence-corrected chi connectivity index (χ3v) is 12.3. The lowest BCUT2D eigenvalue weighted by Gasteiger charge is -2.29. The van der Waals surface area contributed by atoms with E-state index in [-0.39, 0.29) is 49.4 Å². The van der Waals surface area contributed by atoms with Crippen molar-refractivity contribution in [3.8, 4) is 0 Å². The largest absolute Gasteiger partial charge is 0.481 e. The summed E-state index contributed by atoms with van der Waals surface area (Å²) in [5.74, 6) is -10.8. The molecule has 0 aromatic carbocycles. The third kappa shape index (κ3) is 26.4. The number of unbranched alkanes of at least 4 members (excludes halogenated alkanes) is 8. The Balaban J connectivity index is 3.87. The number of esters is 1. The zero-order chi connectivity index (χ0) is 54.7. The fourth-order valence-electron chi connectivity index (χ4n) is 8.51. The number of rotatable bonds is 24. The first kappa shape index (κ1) is 64.7. The summed E-state index contributed by atoms with van der Waals surface area (Å²) >= 11 is 0. The lowest BCUT2D eigenvalue weighted by Crippen LogP contribution is -2.61. The van der Waals surface area contributed by atoms with Gasteiger partial charge in [-0.05, 0) is 55.3 Å². The smallest absolute Gasteiger partial charge is 0.328 e. The van der Waals surface area contributed by atoms with Gasteiger partial charge in [-0.15, -0.1) is 0 Å². The minimum Gasteiger partial charge on any atom is -0.481 e. The van der Waals surface area contributed by atoms with E-state index in [2.05, 4.69) is 44.1 Å². The number of cyclic esters (lactones) is 1. The molecule has 1 aliphatic heterocycles. The number of carboxylic acids is 1. The summed E-state index contributed by atoms with van der Waals surface area (Å²) in [6.07, 6.45) is 7.92. The van der Waals surface area contributed by atoms with Crippen LogP contribution in [-0.4, -0.2) is 119 Å². The second kappa shape index (κ2) is 34.1. The van der Waals surface area contributed by atoms with Crippen LogP contribution in [0, 0.1) is 29.6 Å². The molecular weight excluding hydrogens is 931 g/mol. The molecule has 0 aromatic heterocycles. The van der Waals surface area contributed by atoms with E-state index < -0.39 is 139 Å². The molecule has 1 heterocycles. The number of nitrogens with two attached hydrogens (primary N) is 2. The molecule has 72 heavy (non-hydrogen) atoms. The van der Waals surface area contributed by atoms with E-state index in [1.165, 1.54) is 32.1 Å². The van der Waals surface area contributed by atoms with Gasteiger partial charge in [0, 0.05) is 6.54 Å². The maximum atomic E-state index is 14.2. The second-order valence-corrected chi connectivity index (χ2v) is 21.3. The first-order chi connectivity index (χ1) is 33.8. The fraction of sp³-hybridized carbons (Fsp3) is 0.804. The van der Waals surface area contributed by atoms with Gasteiger partial charge in [0.05, 0.1) is 19.3 Å². The molecule has 0 saturated carbocycles. The van der Waals surface area contributed by atoms with E-state index in [1.807, 2.05) is 6.92 Å². The molecule has 0 aromatic rings. The maximum absolute atomic E-state index is 14.2. The van der Waals surface area contributed by atoms with Gasteiger partial charge in [0.2, 0.25) is 47.3 Å². The lowest BCUT2D eigenvalue weighted by atomic mass is 9.94. The van der Waals surface area contributed by atoms with Gasteiger partial charge in [0.25, 0.3) is 0 Å². The predicted molar refractivity (Wildman–Crippen MR) is 272 cm³/mol. The van der Waals surface area contributed by atoms with Crippen molar-refractivity contribution in [3.05, 3.63) is 0 Å². The van der Waals surface area contributed by atoms with Crippen LogP contribution in [0.3, 0.4) is 0 Å².